The fourth-order valence-corrected chi connectivity index (χ4v) is 3.39. The molecule has 0 saturated heterocycles. The maximum Gasteiger partial charge on any atom is 0.0139 e. The summed E-state index contributed by atoms with van der Waals surface area (Å²) >= 11 is 0. The highest BCUT2D eigenvalue weighted by Crippen LogP contribution is 2.42. The van der Waals surface area contributed by atoms with Crippen molar-refractivity contribution in [2.24, 2.45) is 11.8 Å². The molecule has 0 amide bonds. The van der Waals surface area contributed by atoms with Crippen LogP contribution in [0.5, 0.6) is 0 Å². The maximum atomic E-state index is 3.74. The summed E-state index contributed by atoms with van der Waals surface area (Å²) < 4.78 is 0. The lowest BCUT2D eigenvalue weighted by molar-refractivity contribution is 0.0508. The zero-order valence-corrected chi connectivity index (χ0v) is 10.9. The Hall–Kier alpha value is -0.0800. The molecule has 0 spiro atoms. The first-order valence-corrected chi connectivity index (χ1v) is 7.89. The topological polar surface area (TPSA) is 15.3 Å². The Balaban J connectivity index is 1.31. The van der Waals surface area contributed by atoms with Gasteiger partial charge in [0.05, 0.1) is 0 Å². The number of hydrogen-bond donors (Lipinski definition) is 1. The second-order valence-corrected chi connectivity index (χ2v) is 6.96. The van der Waals surface area contributed by atoms with Crippen LogP contribution in [0.15, 0.2) is 0 Å². The molecule has 4 saturated carbocycles. The monoisotopic (exact) mass is 234 g/mol. The van der Waals surface area contributed by atoms with Gasteiger partial charge in [-0.15, -0.1) is 0 Å². The van der Waals surface area contributed by atoms with E-state index in [0.717, 1.165) is 30.0 Å². The quantitative estimate of drug-likeness (QED) is 0.727. The molecule has 0 bridgehead atoms. The van der Waals surface area contributed by atoms with Gasteiger partial charge < -0.3 is 5.32 Å². The molecule has 2 heteroatoms. The van der Waals surface area contributed by atoms with Crippen LogP contribution < -0.4 is 5.32 Å². The van der Waals surface area contributed by atoms with E-state index in [-0.39, 0.29) is 0 Å². The Morgan fingerprint density at radius 2 is 1.71 bits per heavy atom. The highest BCUT2D eigenvalue weighted by Gasteiger charge is 2.43. The average Bonchev–Trinajstić information content (AvgIpc) is 3.10. The van der Waals surface area contributed by atoms with Crippen LogP contribution in [0, 0.1) is 11.8 Å². The van der Waals surface area contributed by atoms with Crippen molar-refractivity contribution in [3.05, 3.63) is 0 Å². The van der Waals surface area contributed by atoms with Gasteiger partial charge in [0.1, 0.15) is 0 Å². The molecule has 2 nitrogen and oxygen atoms in total. The van der Waals surface area contributed by atoms with Crippen molar-refractivity contribution in [2.45, 2.75) is 69.5 Å². The minimum absolute atomic E-state index is 0.897. The van der Waals surface area contributed by atoms with Crippen molar-refractivity contribution in [1.82, 2.24) is 10.2 Å². The van der Waals surface area contributed by atoms with E-state index in [1.165, 1.54) is 64.5 Å². The van der Waals surface area contributed by atoms with E-state index in [1.54, 1.807) is 0 Å². The van der Waals surface area contributed by atoms with Gasteiger partial charge in [-0.25, -0.2) is 0 Å². The third-order valence-electron chi connectivity index (χ3n) is 5.23. The smallest absolute Gasteiger partial charge is 0.0139 e. The Kier molecular flexibility index (Phi) is 2.69. The van der Waals surface area contributed by atoms with Crippen molar-refractivity contribution in [3.63, 3.8) is 0 Å². The molecule has 4 fully saturated rings. The molecule has 0 aromatic carbocycles. The molecular weight excluding hydrogens is 208 g/mol. The molecule has 0 aliphatic heterocycles. The van der Waals surface area contributed by atoms with Crippen LogP contribution in [0.1, 0.15) is 51.4 Å². The maximum absolute atomic E-state index is 3.74. The summed E-state index contributed by atoms with van der Waals surface area (Å²) in [5.74, 6) is 2.06. The van der Waals surface area contributed by atoms with E-state index in [9.17, 15) is 0 Å². The predicted molar refractivity (Wildman–Crippen MR) is 70.0 cm³/mol. The Bertz CT molecular complexity index is 279. The molecule has 2 unspecified atom stereocenters. The molecule has 4 aliphatic rings. The molecule has 1 N–H and O–H groups in total. The number of rotatable bonds is 7. The summed E-state index contributed by atoms with van der Waals surface area (Å²) in [6.07, 6.45) is 11.9. The largest absolute Gasteiger partial charge is 0.314 e. The van der Waals surface area contributed by atoms with Crippen molar-refractivity contribution in [1.29, 1.82) is 0 Å². The predicted octanol–water partition coefficient (Wildman–Crippen LogP) is 2.39. The third kappa shape index (κ3) is 2.53. The summed E-state index contributed by atoms with van der Waals surface area (Å²) in [4.78, 5) is 2.92. The van der Waals surface area contributed by atoms with Gasteiger partial charge in [-0.1, -0.05) is 0 Å². The summed E-state index contributed by atoms with van der Waals surface area (Å²) in [6, 6.07) is 2.84. The second-order valence-electron chi connectivity index (χ2n) is 6.96. The fraction of sp³-hybridized carbons (Fsp3) is 1.00. The Labute approximate surface area is 105 Å². The first-order chi connectivity index (χ1) is 8.40. The van der Waals surface area contributed by atoms with Gasteiger partial charge in [0.25, 0.3) is 0 Å². The summed E-state index contributed by atoms with van der Waals surface area (Å²) in [5.41, 5.74) is 0. The van der Waals surface area contributed by atoms with Crippen LogP contribution in [0.25, 0.3) is 0 Å². The fourth-order valence-electron chi connectivity index (χ4n) is 3.39. The molecule has 0 radical (unpaired) electrons. The summed E-state index contributed by atoms with van der Waals surface area (Å²) in [7, 11) is 0. The lowest BCUT2D eigenvalue weighted by Gasteiger charge is -2.45. The number of nitrogens with zero attached hydrogens (tertiary/aromatic N) is 1. The van der Waals surface area contributed by atoms with Crippen LogP contribution in [0.2, 0.25) is 0 Å². The van der Waals surface area contributed by atoms with Gasteiger partial charge in [-0.05, 0) is 69.7 Å². The minimum atomic E-state index is 0.897. The first-order valence-electron chi connectivity index (χ1n) is 7.89. The van der Waals surface area contributed by atoms with Gasteiger partial charge in [-0.3, -0.25) is 4.90 Å². The minimum Gasteiger partial charge on any atom is -0.314 e. The standard InChI is InChI=1S/C15H26N2/c1-2-11(1)10-17(14-6-7-14)15-8-3-12(15)9-16-13-4-5-13/h11-16H,1-10H2. The summed E-state index contributed by atoms with van der Waals surface area (Å²) in [6.45, 7) is 2.75. The third-order valence-corrected chi connectivity index (χ3v) is 5.23. The lowest BCUT2D eigenvalue weighted by Crippen LogP contribution is -2.52. The highest BCUT2D eigenvalue weighted by atomic mass is 15.2. The normalized spacial score (nSPS) is 37.2. The van der Waals surface area contributed by atoms with Gasteiger partial charge in [0.2, 0.25) is 0 Å². The van der Waals surface area contributed by atoms with Gasteiger partial charge >= 0.3 is 0 Å². The number of nitrogens with one attached hydrogen (secondary N) is 1. The van der Waals surface area contributed by atoms with Crippen molar-refractivity contribution >= 4 is 0 Å². The highest BCUT2D eigenvalue weighted by molar-refractivity contribution is 4.99. The van der Waals surface area contributed by atoms with Crippen LogP contribution in [0.3, 0.4) is 0 Å². The molecule has 0 heterocycles. The van der Waals surface area contributed by atoms with Gasteiger partial charge in [-0.2, -0.15) is 0 Å². The van der Waals surface area contributed by atoms with Crippen LogP contribution >= 0.6 is 0 Å². The van der Waals surface area contributed by atoms with Crippen molar-refractivity contribution < 1.29 is 0 Å². The van der Waals surface area contributed by atoms with Crippen LogP contribution in [-0.2, 0) is 0 Å². The Morgan fingerprint density at radius 1 is 0.882 bits per heavy atom. The molecule has 4 rings (SSSR count). The van der Waals surface area contributed by atoms with Gasteiger partial charge in [0.15, 0.2) is 0 Å². The molecule has 4 aliphatic carbocycles. The van der Waals surface area contributed by atoms with E-state index < -0.39 is 0 Å². The molecular formula is C15H26N2. The van der Waals surface area contributed by atoms with E-state index in [0.29, 0.717) is 0 Å². The van der Waals surface area contributed by atoms with Crippen LogP contribution in [0.4, 0.5) is 0 Å². The van der Waals surface area contributed by atoms with Gasteiger partial charge in [0, 0.05) is 24.7 Å². The zero-order valence-electron chi connectivity index (χ0n) is 10.9. The molecule has 0 aromatic rings. The van der Waals surface area contributed by atoms with E-state index in [1.807, 2.05) is 0 Å². The van der Waals surface area contributed by atoms with E-state index in [4.69, 9.17) is 0 Å². The number of hydrogen-bond acceptors (Lipinski definition) is 2. The lowest BCUT2D eigenvalue weighted by atomic mass is 9.78. The van der Waals surface area contributed by atoms with E-state index >= 15 is 0 Å². The second kappa shape index (κ2) is 4.24. The summed E-state index contributed by atoms with van der Waals surface area (Å²) in [5, 5.41) is 3.74. The first kappa shape index (κ1) is 10.8. The Morgan fingerprint density at radius 3 is 2.24 bits per heavy atom. The van der Waals surface area contributed by atoms with E-state index in [2.05, 4.69) is 10.2 Å². The molecule has 2 atom stereocenters. The molecule has 0 aromatic heterocycles. The SMILES string of the molecule is C1CC1CN(C1CC1)C1CCC1CNC1CC1. The molecule has 96 valence electrons. The van der Waals surface area contributed by atoms with Crippen molar-refractivity contribution in [3.8, 4) is 0 Å². The van der Waals surface area contributed by atoms with Crippen molar-refractivity contribution in [2.75, 3.05) is 13.1 Å². The van der Waals surface area contributed by atoms with Crippen LogP contribution in [-0.4, -0.2) is 36.1 Å². The zero-order chi connectivity index (χ0) is 11.2. The molecule has 17 heavy (non-hydrogen) atoms. The average molecular weight is 234 g/mol.